The number of carbonyl (C=O) groups excluding carboxylic acids is 1. The number of aromatic nitrogens is 2. The van der Waals surface area contributed by atoms with Crippen LogP contribution in [0.3, 0.4) is 0 Å². The van der Waals surface area contributed by atoms with Gasteiger partial charge in [0, 0.05) is 25.6 Å². The number of hydrogen-bond acceptors (Lipinski definition) is 4. The molecule has 0 saturated heterocycles. The van der Waals surface area contributed by atoms with E-state index in [0.29, 0.717) is 20.9 Å². The van der Waals surface area contributed by atoms with Gasteiger partial charge >= 0.3 is 0 Å². The second kappa shape index (κ2) is 8.34. The standard InChI is InChI=1S/C22H17BrClN3O2S/c1-12(20(28)26-17-9-5-15(23)6-10-17)27-11-25-21-19(22(27)29)18(13(2)30-21)14-3-7-16(24)8-4-14/h3-12H,1-2H3,(H,26,28). The van der Waals surface area contributed by atoms with Crippen LogP contribution in [0.1, 0.15) is 17.8 Å². The number of amides is 1. The van der Waals surface area contributed by atoms with E-state index in [2.05, 4.69) is 26.2 Å². The molecule has 2 aromatic heterocycles. The fourth-order valence-electron chi connectivity index (χ4n) is 3.26. The molecule has 1 amide bonds. The lowest BCUT2D eigenvalue weighted by Crippen LogP contribution is -2.31. The Balaban J connectivity index is 1.74. The van der Waals surface area contributed by atoms with E-state index in [-0.39, 0.29) is 11.5 Å². The maximum atomic E-state index is 13.4. The van der Waals surface area contributed by atoms with Crippen molar-refractivity contribution in [2.45, 2.75) is 19.9 Å². The highest BCUT2D eigenvalue weighted by Gasteiger charge is 2.22. The summed E-state index contributed by atoms with van der Waals surface area (Å²) in [5.74, 6) is -0.291. The number of thiophene rings is 1. The minimum atomic E-state index is -0.726. The molecule has 1 atom stereocenters. The number of aryl methyl sites for hydroxylation is 1. The minimum absolute atomic E-state index is 0.243. The Hall–Kier alpha value is -2.48. The predicted octanol–water partition coefficient (Wildman–Crippen LogP) is 6.05. The number of halogens is 2. The fourth-order valence-corrected chi connectivity index (χ4v) is 4.66. The fraction of sp³-hybridized carbons (Fsp3) is 0.136. The summed E-state index contributed by atoms with van der Waals surface area (Å²) < 4.78 is 2.30. The van der Waals surface area contributed by atoms with Crippen LogP contribution in [0.4, 0.5) is 5.69 Å². The molecule has 0 aliphatic rings. The Bertz CT molecular complexity index is 1300. The molecule has 2 aromatic carbocycles. The van der Waals surface area contributed by atoms with Crippen LogP contribution in [-0.4, -0.2) is 15.5 Å². The van der Waals surface area contributed by atoms with E-state index >= 15 is 0 Å². The van der Waals surface area contributed by atoms with E-state index in [1.54, 1.807) is 31.2 Å². The highest BCUT2D eigenvalue weighted by Crippen LogP contribution is 2.36. The Morgan fingerprint density at radius 3 is 2.50 bits per heavy atom. The van der Waals surface area contributed by atoms with E-state index in [1.807, 2.05) is 31.2 Å². The summed E-state index contributed by atoms with van der Waals surface area (Å²) in [6, 6.07) is 13.9. The predicted molar refractivity (Wildman–Crippen MR) is 127 cm³/mol. The van der Waals surface area contributed by atoms with Crippen LogP contribution in [0.2, 0.25) is 5.02 Å². The number of hydrogen-bond donors (Lipinski definition) is 1. The zero-order chi connectivity index (χ0) is 21.4. The van der Waals surface area contributed by atoms with Gasteiger partial charge < -0.3 is 5.32 Å². The number of nitrogens with one attached hydrogen (secondary N) is 1. The van der Waals surface area contributed by atoms with Crippen LogP contribution in [0, 0.1) is 6.92 Å². The van der Waals surface area contributed by atoms with Gasteiger partial charge in [0.15, 0.2) is 0 Å². The number of rotatable bonds is 4. The van der Waals surface area contributed by atoms with Crippen molar-refractivity contribution in [3.8, 4) is 11.1 Å². The van der Waals surface area contributed by atoms with Gasteiger partial charge in [0.1, 0.15) is 10.9 Å². The van der Waals surface area contributed by atoms with Crippen LogP contribution in [0.5, 0.6) is 0 Å². The summed E-state index contributed by atoms with van der Waals surface area (Å²) in [4.78, 5) is 32.2. The number of benzene rings is 2. The van der Waals surface area contributed by atoms with Gasteiger partial charge in [0.25, 0.3) is 5.56 Å². The lowest BCUT2D eigenvalue weighted by molar-refractivity contribution is -0.118. The summed E-state index contributed by atoms with van der Waals surface area (Å²) in [5.41, 5.74) is 2.14. The summed E-state index contributed by atoms with van der Waals surface area (Å²) in [6.07, 6.45) is 1.44. The number of anilines is 1. The van der Waals surface area contributed by atoms with Crippen molar-refractivity contribution in [2.24, 2.45) is 0 Å². The van der Waals surface area contributed by atoms with Gasteiger partial charge in [-0.2, -0.15) is 0 Å². The maximum Gasteiger partial charge on any atom is 0.263 e. The molecule has 8 heteroatoms. The van der Waals surface area contributed by atoms with Crippen LogP contribution >= 0.6 is 38.9 Å². The largest absolute Gasteiger partial charge is 0.324 e. The number of nitrogens with zero attached hydrogens (tertiary/aromatic N) is 2. The van der Waals surface area contributed by atoms with Crippen molar-refractivity contribution in [3.63, 3.8) is 0 Å². The number of fused-ring (bicyclic) bond motifs is 1. The lowest BCUT2D eigenvalue weighted by atomic mass is 10.0. The summed E-state index contributed by atoms with van der Waals surface area (Å²) in [7, 11) is 0. The molecule has 4 rings (SSSR count). The van der Waals surface area contributed by atoms with Gasteiger partial charge in [0.05, 0.1) is 11.7 Å². The summed E-state index contributed by atoms with van der Waals surface area (Å²) in [5, 5.41) is 3.99. The SMILES string of the molecule is Cc1sc2ncn(C(C)C(=O)Nc3ccc(Br)cc3)c(=O)c2c1-c1ccc(Cl)cc1. The average molecular weight is 503 g/mol. The Morgan fingerprint density at radius 1 is 1.17 bits per heavy atom. The van der Waals surface area contributed by atoms with E-state index in [1.165, 1.54) is 22.2 Å². The molecule has 0 saturated carbocycles. The molecule has 152 valence electrons. The van der Waals surface area contributed by atoms with Crippen molar-refractivity contribution < 1.29 is 4.79 Å². The Labute approximate surface area is 190 Å². The monoisotopic (exact) mass is 501 g/mol. The first-order valence-corrected chi connectivity index (χ1v) is 11.2. The van der Waals surface area contributed by atoms with Gasteiger partial charge in [-0.15, -0.1) is 11.3 Å². The molecule has 0 aliphatic carbocycles. The second-order valence-electron chi connectivity index (χ2n) is 6.85. The third kappa shape index (κ3) is 3.93. The zero-order valence-electron chi connectivity index (χ0n) is 16.1. The molecule has 0 radical (unpaired) electrons. The van der Waals surface area contributed by atoms with Crippen LogP contribution in [-0.2, 0) is 4.79 Å². The highest BCUT2D eigenvalue weighted by atomic mass is 79.9. The van der Waals surface area contributed by atoms with E-state index in [9.17, 15) is 9.59 Å². The van der Waals surface area contributed by atoms with E-state index < -0.39 is 6.04 Å². The van der Waals surface area contributed by atoms with Crippen molar-refractivity contribution in [3.05, 3.63) is 79.6 Å². The lowest BCUT2D eigenvalue weighted by Gasteiger charge is -2.15. The van der Waals surface area contributed by atoms with E-state index in [0.717, 1.165) is 20.5 Å². The van der Waals surface area contributed by atoms with E-state index in [4.69, 9.17) is 11.6 Å². The molecule has 30 heavy (non-hydrogen) atoms. The molecule has 1 N–H and O–H groups in total. The van der Waals surface area contributed by atoms with Gasteiger partial charge in [-0.05, 0) is 55.8 Å². The second-order valence-corrected chi connectivity index (χ2v) is 9.40. The Kier molecular flexibility index (Phi) is 5.77. The third-order valence-corrected chi connectivity index (χ3v) is 6.65. The minimum Gasteiger partial charge on any atom is -0.324 e. The molecule has 2 heterocycles. The molecule has 0 aliphatic heterocycles. The molecule has 0 spiro atoms. The first-order valence-electron chi connectivity index (χ1n) is 9.18. The smallest absolute Gasteiger partial charge is 0.263 e. The van der Waals surface area contributed by atoms with Gasteiger partial charge in [-0.1, -0.05) is 39.7 Å². The van der Waals surface area contributed by atoms with Crippen molar-refractivity contribution in [1.29, 1.82) is 0 Å². The maximum absolute atomic E-state index is 13.4. The van der Waals surface area contributed by atoms with Crippen molar-refractivity contribution >= 4 is 60.7 Å². The van der Waals surface area contributed by atoms with Crippen molar-refractivity contribution in [2.75, 3.05) is 5.32 Å². The first kappa shape index (κ1) is 20.8. The molecule has 0 bridgehead atoms. The quantitative estimate of drug-likeness (QED) is 0.369. The van der Waals surface area contributed by atoms with Crippen molar-refractivity contribution in [1.82, 2.24) is 9.55 Å². The molecule has 1 unspecified atom stereocenters. The molecular formula is C22H17BrClN3O2S. The number of carbonyl (C=O) groups is 1. The average Bonchev–Trinajstić information content (AvgIpc) is 3.07. The molecule has 4 aromatic rings. The Morgan fingerprint density at radius 2 is 1.83 bits per heavy atom. The molecule has 0 fully saturated rings. The summed E-state index contributed by atoms with van der Waals surface area (Å²) in [6.45, 7) is 3.65. The summed E-state index contributed by atoms with van der Waals surface area (Å²) >= 11 is 10.8. The van der Waals surface area contributed by atoms with Gasteiger partial charge in [-0.3, -0.25) is 14.2 Å². The van der Waals surface area contributed by atoms with Crippen LogP contribution < -0.4 is 10.9 Å². The first-order chi connectivity index (χ1) is 14.3. The molecule has 5 nitrogen and oxygen atoms in total. The molecular weight excluding hydrogens is 486 g/mol. The third-order valence-electron chi connectivity index (χ3n) is 4.85. The highest BCUT2D eigenvalue weighted by molar-refractivity contribution is 9.10. The van der Waals surface area contributed by atoms with Crippen LogP contribution in [0.15, 0.2) is 64.1 Å². The van der Waals surface area contributed by atoms with Crippen LogP contribution in [0.25, 0.3) is 21.3 Å². The zero-order valence-corrected chi connectivity index (χ0v) is 19.3. The topological polar surface area (TPSA) is 64.0 Å². The van der Waals surface area contributed by atoms with Gasteiger partial charge in [0.2, 0.25) is 5.91 Å². The van der Waals surface area contributed by atoms with Gasteiger partial charge in [-0.25, -0.2) is 4.98 Å². The normalized spacial score (nSPS) is 12.1.